The van der Waals surface area contributed by atoms with Crippen LogP contribution in [0.25, 0.3) is 11.0 Å². The van der Waals surface area contributed by atoms with Crippen molar-refractivity contribution in [3.8, 4) is 0 Å². The summed E-state index contributed by atoms with van der Waals surface area (Å²) < 4.78 is 1.99. The molecule has 3 aromatic rings. The van der Waals surface area contributed by atoms with Gasteiger partial charge in [-0.25, -0.2) is 4.98 Å². The Morgan fingerprint density at radius 2 is 2.08 bits per heavy atom. The molecule has 8 heteroatoms. The normalized spacial score (nSPS) is 10.8. The molecule has 7 nitrogen and oxygen atoms in total. The van der Waals surface area contributed by atoms with Crippen LogP contribution in [-0.2, 0) is 6.54 Å². The van der Waals surface area contributed by atoms with Crippen molar-refractivity contribution in [2.24, 2.45) is 0 Å². The number of carbonyl (C=O) groups excluding carboxylic acids is 1. The maximum atomic E-state index is 12.3. The van der Waals surface area contributed by atoms with Crippen LogP contribution in [-0.4, -0.2) is 26.9 Å². The summed E-state index contributed by atoms with van der Waals surface area (Å²) in [6.45, 7) is 2.73. The number of amides is 1. The van der Waals surface area contributed by atoms with Gasteiger partial charge in [0.1, 0.15) is 11.4 Å². The Kier molecular flexibility index (Phi) is 4.67. The summed E-state index contributed by atoms with van der Waals surface area (Å²) in [6.07, 6.45) is 0. The molecule has 3 rings (SSSR count). The summed E-state index contributed by atoms with van der Waals surface area (Å²) in [4.78, 5) is 27.2. The summed E-state index contributed by atoms with van der Waals surface area (Å²) >= 11 is 5.76. The Morgan fingerprint density at radius 1 is 1.32 bits per heavy atom. The minimum absolute atomic E-state index is 0.0124. The average Bonchev–Trinajstić information content (AvgIpc) is 2.90. The fourth-order valence-corrected chi connectivity index (χ4v) is 2.87. The van der Waals surface area contributed by atoms with Gasteiger partial charge in [0.15, 0.2) is 0 Å². The highest BCUT2D eigenvalue weighted by molar-refractivity contribution is 6.31. The largest absolute Gasteiger partial charge is 0.350 e. The molecule has 128 valence electrons. The fraction of sp³-hybridized carbons (Fsp3) is 0.176. The minimum atomic E-state index is -0.617. The van der Waals surface area contributed by atoms with Gasteiger partial charge in [-0.15, -0.1) is 0 Å². The van der Waals surface area contributed by atoms with Crippen molar-refractivity contribution in [2.45, 2.75) is 13.5 Å². The second-order valence-corrected chi connectivity index (χ2v) is 5.91. The third kappa shape index (κ3) is 3.46. The Bertz CT molecular complexity index is 968. The SMILES string of the molecule is Cc1nc2ccccc2n1CCNC(=O)c1ccc(Cl)cc1[N+](=O)[O-]. The zero-order valence-corrected chi connectivity index (χ0v) is 14.2. The van der Waals surface area contributed by atoms with Crippen LogP contribution in [0.2, 0.25) is 5.02 Å². The molecule has 1 amide bonds. The number of imidazole rings is 1. The zero-order valence-electron chi connectivity index (χ0n) is 13.4. The highest BCUT2D eigenvalue weighted by Crippen LogP contribution is 2.23. The molecule has 0 saturated carbocycles. The number of aromatic nitrogens is 2. The van der Waals surface area contributed by atoms with E-state index in [1.807, 2.05) is 35.8 Å². The van der Waals surface area contributed by atoms with Crippen LogP contribution in [0.5, 0.6) is 0 Å². The van der Waals surface area contributed by atoms with E-state index in [0.717, 1.165) is 16.9 Å². The standard InChI is InChI=1S/C17H15ClN4O3/c1-11-20-14-4-2-3-5-15(14)21(11)9-8-19-17(23)13-7-6-12(18)10-16(13)22(24)25/h2-7,10H,8-9H2,1H3,(H,19,23). The summed E-state index contributed by atoms with van der Waals surface area (Å²) in [5.41, 5.74) is 1.54. The number of rotatable bonds is 5. The highest BCUT2D eigenvalue weighted by Gasteiger charge is 2.20. The predicted octanol–water partition coefficient (Wildman–Crippen LogP) is 3.34. The van der Waals surface area contributed by atoms with Gasteiger partial charge >= 0.3 is 0 Å². The van der Waals surface area contributed by atoms with Crippen LogP contribution in [0, 0.1) is 17.0 Å². The average molecular weight is 359 g/mol. The summed E-state index contributed by atoms with van der Waals surface area (Å²) in [6, 6.07) is 11.7. The maximum absolute atomic E-state index is 12.3. The molecule has 0 aliphatic heterocycles. The van der Waals surface area contributed by atoms with Gasteiger partial charge in [-0.05, 0) is 31.2 Å². The second kappa shape index (κ2) is 6.90. The molecule has 1 aromatic heterocycles. The van der Waals surface area contributed by atoms with Gasteiger partial charge in [-0.1, -0.05) is 23.7 Å². The van der Waals surface area contributed by atoms with E-state index in [-0.39, 0.29) is 16.3 Å². The highest BCUT2D eigenvalue weighted by atomic mass is 35.5. The monoisotopic (exact) mass is 358 g/mol. The van der Waals surface area contributed by atoms with Crippen LogP contribution in [0.15, 0.2) is 42.5 Å². The van der Waals surface area contributed by atoms with Gasteiger partial charge in [0.25, 0.3) is 11.6 Å². The van der Waals surface area contributed by atoms with E-state index in [1.54, 1.807) is 0 Å². The molecule has 0 aliphatic carbocycles. The van der Waals surface area contributed by atoms with E-state index < -0.39 is 10.8 Å². The van der Waals surface area contributed by atoms with Crippen LogP contribution in [0.1, 0.15) is 16.2 Å². The van der Waals surface area contributed by atoms with Gasteiger partial charge in [0.05, 0.1) is 16.0 Å². The first-order chi connectivity index (χ1) is 12.0. The van der Waals surface area contributed by atoms with Crippen LogP contribution in [0.4, 0.5) is 5.69 Å². The van der Waals surface area contributed by atoms with Gasteiger partial charge < -0.3 is 9.88 Å². The number of halogens is 1. The number of carbonyl (C=O) groups is 1. The third-order valence-electron chi connectivity index (χ3n) is 3.87. The third-order valence-corrected chi connectivity index (χ3v) is 4.10. The van der Waals surface area contributed by atoms with Crippen molar-refractivity contribution >= 4 is 34.2 Å². The van der Waals surface area contributed by atoms with E-state index in [2.05, 4.69) is 10.3 Å². The number of nitrogens with zero attached hydrogens (tertiary/aromatic N) is 3. The lowest BCUT2D eigenvalue weighted by molar-refractivity contribution is -0.385. The number of hydrogen-bond donors (Lipinski definition) is 1. The van der Waals surface area contributed by atoms with Gasteiger partial charge in [-0.2, -0.15) is 0 Å². The number of nitro groups is 1. The number of fused-ring (bicyclic) bond motifs is 1. The minimum Gasteiger partial charge on any atom is -0.350 e. The van der Waals surface area contributed by atoms with Crippen molar-refractivity contribution in [3.63, 3.8) is 0 Å². The number of para-hydroxylation sites is 2. The number of nitro benzene ring substituents is 1. The molecule has 0 bridgehead atoms. The zero-order chi connectivity index (χ0) is 18.0. The number of aryl methyl sites for hydroxylation is 1. The maximum Gasteiger partial charge on any atom is 0.283 e. The van der Waals surface area contributed by atoms with Crippen LogP contribution < -0.4 is 5.32 Å². The first-order valence-corrected chi connectivity index (χ1v) is 7.99. The molecular weight excluding hydrogens is 344 g/mol. The lowest BCUT2D eigenvalue weighted by Gasteiger charge is -2.09. The Hall–Kier alpha value is -2.93. The lowest BCUT2D eigenvalue weighted by Crippen LogP contribution is -2.28. The number of hydrogen-bond acceptors (Lipinski definition) is 4. The summed E-state index contributed by atoms with van der Waals surface area (Å²) in [5, 5.41) is 14.0. The lowest BCUT2D eigenvalue weighted by atomic mass is 10.1. The molecule has 0 aliphatic rings. The van der Waals surface area contributed by atoms with Crippen LogP contribution >= 0.6 is 11.6 Å². The van der Waals surface area contributed by atoms with Gasteiger partial charge in [0, 0.05) is 24.2 Å². The fourth-order valence-electron chi connectivity index (χ4n) is 2.70. The van der Waals surface area contributed by atoms with E-state index in [1.165, 1.54) is 18.2 Å². The number of nitrogens with one attached hydrogen (secondary N) is 1. The summed E-state index contributed by atoms with van der Waals surface area (Å²) in [5.74, 6) is 0.332. The quantitative estimate of drug-likeness (QED) is 0.559. The van der Waals surface area contributed by atoms with Crippen molar-refractivity contribution in [3.05, 3.63) is 69.0 Å². The van der Waals surface area contributed by atoms with Crippen molar-refractivity contribution in [1.29, 1.82) is 0 Å². The number of benzene rings is 2. The van der Waals surface area contributed by atoms with E-state index in [0.29, 0.717) is 13.1 Å². The molecule has 0 saturated heterocycles. The molecule has 0 atom stereocenters. The van der Waals surface area contributed by atoms with E-state index in [9.17, 15) is 14.9 Å². The van der Waals surface area contributed by atoms with Crippen molar-refractivity contribution < 1.29 is 9.72 Å². The Balaban J connectivity index is 1.73. The first kappa shape index (κ1) is 16.9. The molecule has 1 heterocycles. The predicted molar refractivity (Wildman–Crippen MR) is 94.9 cm³/mol. The molecule has 0 spiro atoms. The second-order valence-electron chi connectivity index (χ2n) is 5.47. The Labute approximate surface area is 148 Å². The molecule has 0 fully saturated rings. The molecule has 0 radical (unpaired) electrons. The smallest absolute Gasteiger partial charge is 0.283 e. The molecule has 0 unspecified atom stereocenters. The van der Waals surface area contributed by atoms with Crippen molar-refractivity contribution in [2.75, 3.05) is 6.54 Å². The van der Waals surface area contributed by atoms with Crippen molar-refractivity contribution in [1.82, 2.24) is 14.9 Å². The Morgan fingerprint density at radius 3 is 2.84 bits per heavy atom. The first-order valence-electron chi connectivity index (χ1n) is 7.61. The topological polar surface area (TPSA) is 90.1 Å². The van der Waals surface area contributed by atoms with E-state index >= 15 is 0 Å². The molecule has 1 N–H and O–H groups in total. The van der Waals surface area contributed by atoms with Crippen LogP contribution in [0.3, 0.4) is 0 Å². The molecule has 2 aromatic carbocycles. The molecule has 25 heavy (non-hydrogen) atoms. The molecular formula is C17H15ClN4O3. The van der Waals surface area contributed by atoms with Gasteiger partial charge in [-0.3, -0.25) is 14.9 Å². The summed E-state index contributed by atoms with van der Waals surface area (Å²) in [7, 11) is 0. The van der Waals surface area contributed by atoms with Gasteiger partial charge in [0.2, 0.25) is 0 Å². The van der Waals surface area contributed by atoms with E-state index in [4.69, 9.17) is 11.6 Å².